The number of nitrogens with zero attached hydrogens (tertiary/aromatic N) is 1. The summed E-state index contributed by atoms with van der Waals surface area (Å²) in [5.74, 6) is 1.35. The monoisotopic (exact) mass is 348 g/mol. The maximum Gasteiger partial charge on any atom is 0.223 e. The fourth-order valence-corrected chi connectivity index (χ4v) is 4.26. The normalized spacial score (nSPS) is 23.5. The Morgan fingerprint density at radius 3 is 2.67 bits per heavy atom. The average Bonchev–Trinajstić information content (AvgIpc) is 3.41. The van der Waals surface area contributed by atoms with Crippen molar-refractivity contribution < 1.29 is 4.79 Å². The zero-order chi connectivity index (χ0) is 17.1. The maximum absolute atomic E-state index is 13.1. The molecule has 1 aliphatic heterocycles. The van der Waals surface area contributed by atoms with Crippen molar-refractivity contribution in [1.82, 2.24) is 10.2 Å². The van der Waals surface area contributed by atoms with Crippen LogP contribution in [0.2, 0.25) is 5.02 Å². The lowest BCUT2D eigenvalue weighted by atomic mass is 9.85. The number of halogens is 1. The smallest absolute Gasteiger partial charge is 0.223 e. The average molecular weight is 349 g/mol. The van der Waals surface area contributed by atoms with Crippen LogP contribution >= 0.6 is 11.6 Å². The van der Waals surface area contributed by atoms with Crippen molar-refractivity contribution in [1.29, 1.82) is 0 Å². The van der Waals surface area contributed by atoms with Crippen molar-refractivity contribution >= 4 is 17.5 Å². The molecule has 3 rings (SSSR count). The molecule has 3 nitrogen and oxygen atoms in total. The van der Waals surface area contributed by atoms with Crippen LogP contribution in [0.25, 0.3) is 0 Å². The zero-order valence-electron chi connectivity index (χ0n) is 14.8. The van der Waals surface area contributed by atoms with Crippen LogP contribution < -0.4 is 5.32 Å². The molecule has 1 saturated heterocycles. The summed E-state index contributed by atoms with van der Waals surface area (Å²) in [5, 5.41) is 4.22. The molecular formula is C20H29ClN2O. The standard InChI is InChI=1S/C20H29ClN2O/c1-14(16-6-5-11-22-13-16)12-20(24)23(17-9-10-17)15(2)18-7-3-4-8-19(18)21/h3-4,7-8,14-17,22H,5-6,9-13H2,1-2H3. The second-order valence-corrected chi connectivity index (χ2v) is 7.92. The summed E-state index contributed by atoms with van der Waals surface area (Å²) in [5.41, 5.74) is 1.06. The van der Waals surface area contributed by atoms with E-state index in [1.165, 1.54) is 12.8 Å². The lowest BCUT2D eigenvalue weighted by Gasteiger charge is -2.33. The molecule has 3 atom stereocenters. The first-order valence-electron chi connectivity index (χ1n) is 9.34. The van der Waals surface area contributed by atoms with Gasteiger partial charge in [0.25, 0.3) is 0 Å². The molecule has 4 heteroatoms. The first kappa shape index (κ1) is 17.8. The van der Waals surface area contributed by atoms with Gasteiger partial charge in [-0.3, -0.25) is 4.79 Å². The summed E-state index contributed by atoms with van der Waals surface area (Å²) >= 11 is 6.37. The zero-order valence-corrected chi connectivity index (χ0v) is 15.6. The van der Waals surface area contributed by atoms with Crippen LogP contribution in [-0.2, 0) is 4.79 Å². The highest BCUT2D eigenvalue weighted by atomic mass is 35.5. The van der Waals surface area contributed by atoms with Crippen LogP contribution in [0.15, 0.2) is 24.3 Å². The minimum atomic E-state index is 0.0513. The van der Waals surface area contributed by atoms with Gasteiger partial charge in [-0.25, -0.2) is 0 Å². The van der Waals surface area contributed by atoms with Crippen molar-refractivity contribution in [2.45, 2.75) is 58.0 Å². The molecule has 1 N–H and O–H groups in total. The predicted molar refractivity (Wildman–Crippen MR) is 99.1 cm³/mol. The van der Waals surface area contributed by atoms with E-state index in [-0.39, 0.29) is 6.04 Å². The molecule has 0 aromatic heterocycles. The molecule has 1 heterocycles. The Hall–Kier alpha value is -1.06. The highest BCUT2D eigenvalue weighted by Crippen LogP contribution is 2.38. The Kier molecular flexibility index (Phi) is 5.83. The van der Waals surface area contributed by atoms with Crippen LogP contribution in [0, 0.1) is 11.8 Å². The molecule has 24 heavy (non-hydrogen) atoms. The van der Waals surface area contributed by atoms with E-state index in [1.807, 2.05) is 24.3 Å². The molecule has 0 spiro atoms. The molecule has 1 aromatic carbocycles. The molecule has 132 valence electrons. The first-order valence-corrected chi connectivity index (χ1v) is 9.72. The number of hydrogen-bond donors (Lipinski definition) is 1. The van der Waals surface area contributed by atoms with Gasteiger partial charge in [-0.15, -0.1) is 0 Å². The Balaban J connectivity index is 1.68. The van der Waals surface area contributed by atoms with E-state index in [9.17, 15) is 4.79 Å². The predicted octanol–water partition coefficient (Wildman–Crippen LogP) is 4.42. The molecule has 0 radical (unpaired) electrons. The van der Waals surface area contributed by atoms with E-state index in [4.69, 9.17) is 11.6 Å². The fourth-order valence-electron chi connectivity index (χ4n) is 3.96. The Bertz CT molecular complexity index is 567. The highest BCUT2D eigenvalue weighted by molar-refractivity contribution is 6.31. The summed E-state index contributed by atoms with van der Waals surface area (Å²) in [6, 6.07) is 8.36. The summed E-state index contributed by atoms with van der Waals surface area (Å²) in [7, 11) is 0. The number of rotatable bonds is 6. The Labute approximate surface area is 150 Å². The minimum absolute atomic E-state index is 0.0513. The van der Waals surface area contributed by atoms with Gasteiger partial charge in [-0.05, 0) is 69.2 Å². The molecule has 0 bridgehead atoms. The van der Waals surface area contributed by atoms with Gasteiger partial charge in [0.15, 0.2) is 0 Å². The third-order valence-electron chi connectivity index (χ3n) is 5.64. The number of carbonyl (C=O) groups is 1. The van der Waals surface area contributed by atoms with Crippen molar-refractivity contribution in [2.75, 3.05) is 13.1 Å². The molecule has 1 saturated carbocycles. The molecule has 3 unspecified atom stereocenters. The van der Waals surface area contributed by atoms with Crippen molar-refractivity contribution in [3.8, 4) is 0 Å². The topological polar surface area (TPSA) is 32.3 Å². The van der Waals surface area contributed by atoms with E-state index < -0.39 is 0 Å². The molecule has 2 fully saturated rings. The minimum Gasteiger partial charge on any atom is -0.333 e. The van der Waals surface area contributed by atoms with Gasteiger partial charge in [-0.2, -0.15) is 0 Å². The first-order chi connectivity index (χ1) is 11.6. The molecule has 2 aliphatic rings. The summed E-state index contributed by atoms with van der Waals surface area (Å²) < 4.78 is 0. The van der Waals surface area contributed by atoms with Crippen molar-refractivity contribution in [3.05, 3.63) is 34.9 Å². The highest BCUT2D eigenvalue weighted by Gasteiger charge is 2.37. The van der Waals surface area contributed by atoms with Crippen LogP contribution in [-0.4, -0.2) is 29.9 Å². The number of amides is 1. The maximum atomic E-state index is 13.1. The van der Waals surface area contributed by atoms with Gasteiger partial charge < -0.3 is 10.2 Å². The van der Waals surface area contributed by atoms with Crippen LogP contribution in [0.1, 0.15) is 57.6 Å². The molecule has 1 amide bonds. The number of hydrogen-bond acceptors (Lipinski definition) is 2. The number of carbonyl (C=O) groups excluding carboxylic acids is 1. The van der Waals surface area contributed by atoms with Crippen molar-refractivity contribution in [3.63, 3.8) is 0 Å². The summed E-state index contributed by atoms with van der Waals surface area (Å²) in [4.78, 5) is 15.2. The Morgan fingerprint density at radius 2 is 2.04 bits per heavy atom. The summed E-state index contributed by atoms with van der Waals surface area (Å²) in [6.45, 7) is 6.53. The molecule has 1 aliphatic carbocycles. The van der Waals surface area contributed by atoms with Crippen molar-refractivity contribution in [2.24, 2.45) is 11.8 Å². The molecule has 1 aromatic rings. The molecular weight excluding hydrogens is 320 g/mol. The third kappa shape index (κ3) is 4.12. The van der Waals surface area contributed by atoms with Gasteiger partial charge in [0.05, 0.1) is 6.04 Å². The quantitative estimate of drug-likeness (QED) is 0.825. The SMILES string of the molecule is CC(CC(=O)N(C1CC1)C(C)c1ccccc1Cl)C1CCCNC1. The van der Waals surface area contributed by atoms with E-state index >= 15 is 0 Å². The van der Waals surface area contributed by atoms with E-state index in [1.54, 1.807) is 0 Å². The van der Waals surface area contributed by atoms with Crippen LogP contribution in [0.4, 0.5) is 0 Å². The van der Waals surface area contributed by atoms with Gasteiger partial charge in [0.1, 0.15) is 0 Å². The third-order valence-corrected chi connectivity index (χ3v) is 5.98. The fraction of sp³-hybridized carbons (Fsp3) is 0.650. The van der Waals surface area contributed by atoms with Gasteiger partial charge in [0.2, 0.25) is 5.91 Å². The number of piperidine rings is 1. The lowest BCUT2D eigenvalue weighted by molar-refractivity contribution is -0.135. The van der Waals surface area contributed by atoms with E-state index in [0.29, 0.717) is 30.2 Å². The summed E-state index contributed by atoms with van der Waals surface area (Å²) in [6.07, 6.45) is 5.37. The van der Waals surface area contributed by atoms with Gasteiger partial charge >= 0.3 is 0 Å². The van der Waals surface area contributed by atoms with E-state index in [2.05, 4.69) is 24.1 Å². The van der Waals surface area contributed by atoms with Gasteiger partial charge in [0, 0.05) is 17.5 Å². The lowest BCUT2D eigenvalue weighted by Crippen LogP contribution is -2.39. The number of benzene rings is 1. The second-order valence-electron chi connectivity index (χ2n) is 7.52. The van der Waals surface area contributed by atoms with E-state index in [0.717, 1.165) is 36.5 Å². The largest absolute Gasteiger partial charge is 0.333 e. The van der Waals surface area contributed by atoms with Crippen LogP contribution in [0.3, 0.4) is 0 Å². The van der Waals surface area contributed by atoms with Crippen LogP contribution in [0.5, 0.6) is 0 Å². The Morgan fingerprint density at radius 1 is 1.29 bits per heavy atom. The number of nitrogens with one attached hydrogen (secondary N) is 1. The van der Waals surface area contributed by atoms with Gasteiger partial charge in [-0.1, -0.05) is 36.7 Å². The second kappa shape index (κ2) is 7.88.